The molecule has 1 saturated heterocycles. The highest BCUT2D eigenvalue weighted by atomic mass is 16.5. The van der Waals surface area contributed by atoms with Gasteiger partial charge in [-0.25, -0.2) is 0 Å². The fourth-order valence-corrected chi connectivity index (χ4v) is 4.18. The lowest BCUT2D eigenvalue weighted by Gasteiger charge is -2.20. The maximum Gasteiger partial charge on any atom is 0.230 e. The molecular formula is C25H24N4O4. The fourth-order valence-electron chi connectivity index (χ4n) is 4.18. The van der Waals surface area contributed by atoms with Crippen molar-refractivity contribution in [2.75, 3.05) is 16.8 Å². The number of hydrogen-bond donors (Lipinski definition) is 1. The highest BCUT2D eigenvalue weighted by molar-refractivity contribution is 6.04. The minimum absolute atomic E-state index is 0.0744. The van der Waals surface area contributed by atoms with Crippen LogP contribution >= 0.6 is 0 Å². The van der Waals surface area contributed by atoms with Gasteiger partial charge in [-0.2, -0.15) is 4.98 Å². The van der Waals surface area contributed by atoms with Crippen LogP contribution in [0.5, 0.6) is 0 Å². The Morgan fingerprint density at radius 2 is 1.94 bits per heavy atom. The van der Waals surface area contributed by atoms with Crippen LogP contribution in [0.3, 0.4) is 0 Å². The number of nitrogens with zero attached hydrogens (tertiary/aromatic N) is 3. The minimum atomic E-state index is -0.488. The number of benzene rings is 2. The summed E-state index contributed by atoms with van der Waals surface area (Å²) in [5, 5.41) is 6.94. The Labute approximate surface area is 191 Å². The summed E-state index contributed by atoms with van der Waals surface area (Å²) in [4.78, 5) is 43.3. The Balaban J connectivity index is 1.29. The van der Waals surface area contributed by atoms with E-state index in [-0.39, 0.29) is 30.6 Å². The molecule has 1 aromatic heterocycles. The van der Waals surface area contributed by atoms with Gasteiger partial charge in [-0.1, -0.05) is 35.8 Å². The van der Waals surface area contributed by atoms with Crippen molar-refractivity contribution in [3.8, 4) is 11.4 Å². The molecule has 1 saturated carbocycles. The van der Waals surface area contributed by atoms with Crippen LogP contribution in [0.1, 0.15) is 54.8 Å². The zero-order valence-electron chi connectivity index (χ0n) is 18.3. The number of amides is 2. The molecule has 168 valence electrons. The molecule has 0 unspecified atom stereocenters. The van der Waals surface area contributed by atoms with Crippen LogP contribution < -0.4 is 10.2 Å². The van der Waals surface area contributed by atoms with Crippen LogP contribution in [0.15, 0.2) is 53.1 Å². The lowest BCUT2D eigenvalue weighted by molar-refractivity contribution is -0.122. The predicted octanol–water partition coefficient (Wildman–Crippen LogP) is 4.20. The number of carbonyl (C=O) groups excluding carboxylic acids is 3. The van der Waals surface area contributed by atoms with E-state index >= 15 is 0 Å². The number of rotatable bonds is 6. The monoisotopic (exact) mass is 444 g/mol. The molecule has 1 aliphatic carbocycles. The van der Waals surface area contributed by atoms with Gasteiger partial charge in [0.1, 0.15) is 0 Å². The van der Waals surface area contributed by atoms with Crippen LogP contribution in [0, 0.1) is 5.92 Å². The number of ketones is 1. The number of hydrogen-bond acceptors (Lipinski definition) is 6. The number of carbonyl (C=O) groups is 3. The Morgan fingerprint density at radius 1 is 1.12 bits per heavy atom. The van der Waals surface area contributed by atoms with E-state index in [4.69, 9.17) is 4.52 Å². The maximum atomic E-state index is 12.8. The molecular weight excluding hydrogens is 420 g/mol. The highest BCUT2D eigenvalue weighted by Crippen LogP contribution is 2.36. The van der Waals surface area contributed by atoms with Crippen LogP contribution in [0.25, 0.3) is 11.4 Å². The second kappa shape index (κ2) is 8.61. The van der Waals surface area contributed by atoms with Crippen molar-refractivity contribution >= 4 is 29.0 Å². The van der Waals surface area contributed by atoms with Gasteiger partial charge in [-0.15, -0.1) is 0 Å². The fraction of sp³-hybridized carbons (Fsp3) is 0.320. The summed E-state index contributed by atoms with van der Waals surface area (Å²) >= 11 is 0. The molecule has 3 aromatic rings. The van der Waals surface area contributed by atoms with Gasteiger partial charge in [0.25, 0.3) is 0 Å². The molecule has 5 rings (SSSR count). The first-order valence-electron chi connectivity index (χ1n) is 11.1. The Kier molecular flexibility index (Phi) is 5.50. The summed E-state index contributed by atoms with van der Waals surface area (Å²) in [5.41, 5.74) is 2.53. The van der Waals surface area contributed by atoms with Gasteiger partial charge in [0, 0.05) is 41.4 Å². The van der Waals surface area contributed by atoms with Crippen molar-refractivity contribution in [1.29, 1.82) is 0 Å². The topological polar surface area (TPSA) is 105 Å². The van der Waals surface area contributed by atoms with Gasteiger partial charge in [-0.3, -0.25) is 14.4 Å². The van der Waals surface area contributed by atoms with E-state index in [9.17, 15) is 14.4 Å². The van der Waals surface area contributed by atoms with Crippen LogP contribution in [-0.4, -0.2) is 34.3 Å². The largest absolute Gasteiger partial charge is 0.339 e. The summed E-state index contributed by atoms with van der Waals surface area (Å²) in [6, 6.07) is 14.2. The van der Waals surface area contributed by atoms with Crippen LogP contribution in [0.4, 0.5) is 11.4 Å². The zero-order valence-corrected chi connectivity index (χ0v) is 18.3. The molecule has 2 aliphatic rings. The molecule has 8 nitrogen and oxygen atoms in total. The molecule has 1 atom stereocenters. The molecule has 2 amide bonds. The second-order valence-corrected chi connectivity index (χ2v) is 8.67. The molecule has 0 radical (unpaired) electrons. The van der Waals surface area contributed by atoms with E-state index in [2.05, 4.69) is 15.5 Å². The molecule has 1 aliphatic heterocycles. The first-order valence-corrected chi connectivity index (χ1v) is 11.1. The Hall–Kier alpha value is -3.81. The average molecular weight is 444 g/mol. The molecule has 8 heteroatoms. The van der Waals surface area contributed by atoms with E-state index < -0.39 is 5.92 Å². The van der Waals surface area contributed by atoms with Gasteiger partial charge in [0.15, 0.2) is 5.78 Å². The van der Waals surface area contributed by atoms with E-state index in [1.807, 2.05) is 24.3 Å². The molecule has 33 heavy (non-hydrogen) atoms. The van der Waals surface area contributed by atoms with E-state index in [1.54, 1.807) is 29.2 Å². The third kappa shape index (κ3) is 4.28. The predicted molar refractivity (Wildman–Crippen MR) is 122 cm³/mol. The summed E-state index contributed by atoms with van der Waals surface area (Å²) < 4.78 is 5.42. The van der Waals surface area contributed by atoms with Crippen molar-refractivity contribution in [1.82, 2.24) is 10.1 Å². The number of aromatic nitrogens is 2. The van der Waals surface area contributed by atoms with Gasteiger partial charge < -0.3 is 14.7 Å². The summed E-state index contributed by atoms with van der Waals surface area (Å²) in [7, 11) is 0. The number of anilines is 2. The first-order chi connectivity index (χ1) is 16.0. The standard InChI is InChI=1S/C25H24N4O4/c1-15(30)17-7-3-9-20(11-17)26-24(32)19-13-22(31)29(14-19)21-10-4-8-18(12-21)23-27-25(33-28-23)16-5-2-6-16/h3-4,7-12,16,19H,2,5-6,13-14H2,1H3,(H,26,32)/t19-/m1/s1. The van der Waals surface area contributed by atoms with Crippen LogP contribution in [0.2, 0.25) is 0 Å². The minimum Gasteiger partial charge on any atom is -0.339 e. The molecule has 0 spiro atoms. The lowest BCUT2D eigenvalue weighted by Crippen LogP contribution is -2.28. The maximum absolute atomic E-state index is 12.8. The smallest absolute Gasteiger partial charge is 0.230 e. The van der Waals surface area contributed by atoms with E-state index in [0.29, 0.717) is 34.6 Å². The summed E-state index contributed by atoms with van der Waals surface area (Å²) in [5.74, 6) is 0.603. The molecule has 2 aromatic carbocycles. The van der Waals surface area contributed by atoms with Crippen molar-refractivity contribution in [2.45, 2.75) is 38.5 Å². The normalized spacial score (nSPS) is 18.3. The van der Waals surface area contributed by atoms with Crippen LogP contribution in [-0.2, 0) is 9.59 Å². The van der Waals surface area contributed by atoms with Gasteiger partial charge in [-0.05, 0) is 44.0 Å². The van der Waals surface area contributed by atoms with Gasteiger partial charge in [0.05, 0.1) is 5.92 Å². The SMILES string of the molecule is CC(=O)c1cccc(NC(=O)[C@@H]2CC(=O)N(c3cccc(-c4noc(C5CCC5)n4)c3)C2)c1. The highest BCUT2D eigenvalue weighted by Gasteiger charge is 2.35. The van der Waals surface area contributed by atoms with E-state index in [0.717, 1.165) is 18.4 Å². The first kappa shape index (κ1) is 21.1. The number of Topliss-reactive ketones (excluding diaryl/α,β-unsaturated/α-hetero) is 1. The number of nitrogens with one attached hydrogen (secondary N) is 1. The van der Waals surface area contributed by atoms with E-state index in [1.165, 1.54) is 13.3 Å². The average Bonchev–Trinajstić information content (AvgIpc) is 3.40. The summed E-state index contributed by atoms with van der Waals surface area (Å²) in [6.07, 6.45) is 3.46. The molecule has 0 bridgehead atoms. The van der Waals surface area contributed by atoms with Crippen molar-refractivity contribution in [3.05, 3.63) is 60.0 Å². The van der Waals surface area contributed by atoms with Gasteiger partial charge in [0.2, 0.25) is 23.5 Å². The third-order valence-corrected chi connectivity index (χ3v) is 6.34. The van der Waals surface area contributed by atoms with Crippen molar-refractivity contribution < 1.29 is 18.9 Å². The van der Waals surface area contributed by atoms with Gasteiger partial charge >= 0.3 is 0 Å². The quantitative estimate of drug-likeness (QED) is 0.571. The van der Waals surface area contributed by atoms with Crippen molar-refractivity contribution in [3.63, 3.8) is 0 Å². The Bertz CT molecular complexity index is 1230. The third-order valence-electron chi connectivity index (χ3n) is 6.34. The summed E-state index contributed by atoms with van der Waals surface area (Å²) in [6.45, 7) is 1.76. The van der Waals surface area contributed by atoms with Crippen molar-refractivity contribution in [2.24, 2.45) is 5.92 Å². The second-order valence-electron chi connectivity index (χ2n) is 8.67. The zero-order chi connectivity index (χ0) is 22.9. The molecule has 2 fully saturated rings. The Morgan fingerprint density at radius 3 is 2.70 bits per heavy atom. The lowest BCUT2D eigenvalue weighted by atomic mass is 9.85. The molecule has 2 heterocycles. The molecule has 1 N–H and O–H groups in total.